The summed E-state index contributed by atoms with van der Waals surface area (Å²) in [6.45, 7) is 6.16. The average Bonchev–Trinajstić information content (AvgIpc) is 2.68. The van der Waals surface area contributed by atoms with Crippen LogP contribution in [0.25, 0.3) is 21.8 Å². The molecule has 0 amide bonds. The highest BCUT2D eigenvalue weighted by Crippen LogP contribution is 2.31. The summed E-state index contributed by atoms with van der Waals surface area (Å²) in [5.41, 5.74) is 8.47. The van der Waals surface area contributed by atoms with Gasteiger partial charge in [-0.3, -0.25) is 9.59 Å². The van der Waals surface area contributed by atoms with E-state index in [9.17, 15) is 9.59 Å². The summed E-state index contributed by atoms with van der Waals surface area (Å²) in [7, 11) is 0. The van der Waals surface area contributed by atoms with Gasteiger partial charge in [-0.1, -0.05) is 24.6 Å². The van der Waals surface area contributed by atoms with Crippen LogP contribution in [-0.4, -0.2) is 10.8 Å². The molecule has 0 radical (unpaired) electrons. The van der Waals surface area contributed by atoms with E-state index in [1.54, 1.807) is 0 Å². The van der Waals surface area contributed by atoms with Crippen molar-refractivity contribution in [3.8, 4) is 0 Å². The van der Waals surface area contributed by atoms with Gasteiger partial charge in [0.1, 0.15) is 0 Å². The fourth-order valence-corrected chi connectivity index (χ4v) is 4.41. The van der Waals surface area contributed by atoms with E-state index in [4.69, 9.17) is 0 Å². The number of rotatable bonds is 1. The summed E-state index contributed by atoms with van der Waals surface area (Å²) >= 11 is 0. The molecule has 0 fully saturated rings. The highest BCUT2D eigenvalue weighted by atomic mass is 16.1. The number of aromatic nitrogens is 1. The SMILES string of the molecule is CCc1cc2[nH]c3cc4c(cc3c(=O)c2cc1C)Cc1ccc(C)cc1C4=O. The number of carbonyl (C=O) groups excluding carboxylic acids is 1. The molecule has 0 spiro atoms. The largest absolute Gasteiger partial charge is 0.354 e. The van der Waals surface area contributed by atoms with Gasteiger partial charge in [0, 0.05) is 21.9 Å². The third-order valence-electron chi connectivity index (χ3n) is 5.99. The molecule has 138 valence electrons. The second kappa shape index (κ2) is 5.90. The number of H-pyrrole nitrogens is 1. The van der Waals surface area contributed by atoms with Crippen molar-refractivity contribution < 1.29 is 4.79 Å². The van der Waals surface area contributed by atoms with Crippen molar-refractivity contribution in [3.63, 3.8) is 0 Å². The molecule has 1 aromatic heterocycles. The number of carbonyl (C=O) groups is 1. The van der Waals surface area contributed by atoms with Crippen molar-refractivity contribution in [2.75, 3.05) is 0 Å². The van der Waals surface area contributed by atoms with Crippen LogP contribution in [-0.2, 0) is 12.8 Å². The minimum absolute atomic E-state index is 0.0273. The number of nitrogens with one attached hydrogen (secondary N) is 1. The van der Waals surface area contributed by atoms with Crippen LogP contribution in [0.15, 0.2) is 47.3 Å². The van der Waals surface area contributed by atoms with Gasteiger partial charge in [0.2, 0.25) is 0 Å². The molecule has 4 aromatic rings. The Hall–Kier alpha value is -3.20. The summed E-state index contributed by atoms with van der Waals surface area (Å²) < 4.78 is 0. The molecule has 1 aliphatic carbocycles. The Morgan fingerprint density at radius 1 is 0.857 bits per heavy atom. The lowest BCUT2D eigenvalue weighted by molar-refractivity contribution is 0.103. The number of hydrogen-bond acceptors (Lipinski definition) is 2. The molecular weight excluding hydrogens is 346 g/mol. The van der Waals surface area contributed by atoms with E-state index in [1.807, 2.05) is 50.2 Å². The smallest absolute Gasteiger partial charge is 0.197 e. The minimum atomic E-state index is 0.0273. The molecule has 0 bridgehead atoms. The van der Waals surface area contributed by atoms with Gasteiger partial charge >= 0.3 is 0 Å². The lowest BCUT2D eigenvalue weighted by Crippen LogP contribution is -2.16. The van der Waals surface area contributed by atoms with E-state index in [1.165, 1.54) is 5.56 Å². The Labute approximate surface area is 163 Å². The Morgan fingerprint density at radius 2 is 1.57 bits per heavy atom. The molecule has 0 atom stereocenters. The maximum absolute atomic E-state index is 13.2. The molecule has 0 aliphatic heterocycles. The molecular formula is C25H21NO2. The van der Waals surface area contributed by atoms with Crippen LogP contribution >= 0.6 is 0 Å². The zero-order chi connectivity index (χ0) is 19.6. The maximum atomic E-state index is 13.2. The third kappa shape index (κ3) is 2.36. The van der Waals surface area contributed by atoms with Crippen LogP contribution in [0.1, 0.15) is 50.7 Å². The van der Waals surface area contributed by atoms with Crippen molar-refractivity contribution in [1.82, 2.24) is 4.98 Å². The van der Waals surface area contributed by atoms with E-state index in [-0.39, 0.29) is 11.2 Å². The number of pyridine rings is 1. The first kappa shape index (κ1) is 16.9. The van der Waals surface area contributed by atoms with Crippen LogP contribution in [0.3, 0.4) is 0 Å². The minimum Gasteiger partial charge on any atom is -0.354 e. The second-order valence-electron chi connectivity index (χ2n) is 7.85. The molecule has 3 nitrogen and oxygen atoms in total. The van der Waals surface area contributed by atoms with Crippen molar-refractivity contribution in [2.24, 2.45) is 0 Å². The molecule has 3 aromatic carbocycles. The Bertz CT molecular complexity index is 1380. The fraction of sp³-hybridized carbons (Fsp3) is 0.200. The molecule has 0 unspecified atom stereocenters. The summed E-state index contributed by atoms with van der Waals surface area (Å²) in [5.74, 6) is 0.0425. The van der Waals surface area contributed by atoms with Gasteiger partial charge in [0.05, 0.1) is 11.0 Å². The number of hydrogen-bond donors (Lipinski definition) is 1. The lowest BCUT2D eigenvalue weighted by atomic mass is 9.83. The lowest BCUT2D eigenvalue weighted by Gasteiger charge is -2.20. The number of aromatic amines is 1. The molecule has 1 N–H and O–H groups in total. The quantitative estimate of drug-likeness (QED) is 0.424. The average molecular weight is 367 g/mol. The van der Waals surface area contributed by atoms with Crippen LogP contribution in [0.5, 0.6) is 0 Å². The molecule has 1 heterocycles. The summed E-state index contributed by atoms with van der Waals surface area (Å²) in [6, 6.07) is 13.8. The first-order valence-corrected chi connectivity index (χ1v) is 9.72. The van der Waals surface area contributed by atoms with Gasteiger partial charge in [-0.15, -0.1) is 0 Å². The molecule has 0 saturated heterocycles. The number of benzene rings is 3. The number of ketones is 1. The van der Waals surface area contributed by atoms with E-state index >= 15 is 0 Å². The highest BCUT2D eigenvalue weighted by molar-refractivity contribution is 6.14. The molecule has 5 rings (SSSR count). The zero-order valence-electron chi connectivity index (χ0n) is 16.3. The van der Waals surface area contributed by atoms with Crippen LogP contribution < -0.4 is 5.43 Å². The summed E-state index contributed by atoms with van der Waals surface area (Å²) in [4.78, 5) is 29.7. The first-order chi connectivity index (χ1) is 13.5. The van der Waals surface area contributed by atoms with Crippen molar-refractivity contribution in [3.05, 3.63) is 91.6 Å². The Kier molecular flexibility index (Phi) is 3.57. The number of aryl methyl sites for hydroxylation is 3. The standard InChI is InChI=1S/C25H21NO2/c1-4-15-11-22-20(8-14(15)3)25(28)21-10-17-9-16-6-5-13(2)7-18(16)24(27)19(17)12-23(21)26-22/h5-8,10-12H,4,9H2,1-3H3,(H,26,28). The second-order valence-corrected chi connectivity index (χ2v) is 7.85. The van der Waals surface area contributed by atoms with Crippen LogP contribution in [0.4, 0.5) is 0 Å². The van der Waals surface area contributed by atoms with Crippen molar-refractivity contribution in [1.29, 1.82) is 0 Å². The van der Waals surface area contributed by atoms with Gasteiger partial charge in [0.15, 0.2) is 11.2 Å². The van der Waals surface area contributed by atoms with Gasteiger partial charge in [0.25, 0.3) is 0 Å². The summed E-state index contributed by atoms with van der Waals surface area (Å²) in [6.07, 6.45) is 1.60. The van der Waals surface area contributed by atoms with Crippen molar-refractivity contribution in [2.45, 2.75) is 33.6 Å². The van der Waals surface area contributed by atoms with Crippen molar-refractivity contribution >= 4 is 27.6 Å². The Morgan fingerprint density at radius 3 is 2.36 bits per heavy atom. The van der Waals surface area contributed by atoms with E-state index in [0.717, 1.165) is 45.3 Å². The van der Waals surface area contributed by atoms with Gasteiger partial charge in [-0.25, -0.2) is 0 Å². The predicted molar refractivity (Wildman–Crippen MR) is 114 cm³/mol. The maximum Gasteiger partial charge on any atom is 0.197 e. The van der Waals surface area contributed by atoms with Gasteiger partial charge < -0.3 is 4.98 Å². The number of fused-ring (bicyclic) bond motifs is 4. The topological polar surface area (TPSA) is 49.9 Å². The van der Waals surface area contributed by atoms with Gasteiger partial charge in [-0.05, 0) is 79.3 Å². The van der Waals surface area contributed by atoms with E-state index in [0.29, 0.717) is 22.8 Å². The first-order valence-electron chi connectivity index (χ1n) is 9.72. The molecule has 1 aliphatic rings. The van der Waals surface area contributed by atoms with E-state index < -0.39 is 0 Å². The molecule has 3 heteroatoms. The molecule has 0 saturated carbocycles. The Balaban J connectivity index is 1.80. The van der Waals surface area contributed by atoms with Crippen LogP contribution in [0, 0.1) is 13.8 Å². The third-order valence-corrected chi connectivity index (χ3v) is 5.99. The monoisotopic (exact) mass is 367 g/mol. The predicted octanol–water partition coefficient (Wildman–Crippen LogP) is 5.00. The van der Waals surface area contributed by atoms with E-state index in [2.05, 4.69) is 18.0 Å². The zero-order valence-corrected chi connectivity index (χ0v) is 16.3. The van der Waals surface area contributed by atoms with Crippen LogP contribution in [0.2, 0.25) is 0 Å². The van der Waals surface area contributed by atoms with Gasteiger partial charge in [-0.2, -0.15) is 0 Å². The highest BCUT2D eigenvalue weighted by Gasteiger charge is 2.24. The normalized spacial score (nSPS) is 13.0. The molecule has 28 heavy (non-hydrogen) atoms. The summed E-state index contributed by atoms with van der Waals surface area (Å²) in [5, 5.41) is 1.36. The fourth-order valence-electron chi connectivity index (χ4n) is 4.41.